The summed E-state index contributed by atoms with van der Waals surface area (Å²) in [4.78, 5) is 66.5. The molecular formula is C39H53NO10. The van der Waals surface area contributed by atoms with E-state index in [-0.39, 0.29) is 24.8 Å². The summed E-state index contributed by atoms with van der Waals surface area (Å²) < 4.78 is 30.4. The van der Waals surface area contributed by atoms with Gasteiger partial charge in [0.05, 0.1) is 11.8 Å². The van der Waals surface area contributed by atoms with Crippen LogP contribution in [0.1, 0.15) is 92.7 Å². The molecule has 9 atom stereocenters. The van der Waals surface area contributed by atoms with E-state index in [1.54, 1.807) is 0 Å². The summed E-state index contributed by atoms with van der Waals surface area (Å²) in [6.45, 7) is 17.5. The van der Waals surface area contributed by atoms with Gasteiger partial charge < -0.3 is 28.6 Å². The topological polar surface area (TPSA) is 135 Å². The van der Waals surface area contributed by atoms with Crippen molar-refractivity contribution < 1.29 is 47.7 Å². The van der Waals surface area contributed by atoms with Crippen LogP contribution in [0.15, 0.2) is 53.6 Å². The van der Waals surface area contributed by atoms with Gasteiger partial charge in [0.25, 0.3) is 0 Å². The summed E-state index contributed by atoms with van der Waals surface area (Å²) in [5.74, 6) is -3.40. The van der Waals surface area contributed by atoms with Gasteiger partial charge in [-0.1, -0.05) is 57.7 Å². The number of carbonyl (C=O) groups is 5. The number of carbonyl (C=O) groups excluding carboxylic acids is 5. The Morgan fingerprint density at radius 2 is 1.38 bits per heavy atom. The SMILES string of the molecule is C=C1C(OC(=O)CC(c2ccccc2)N(C)C)C[C@H](OC(C)=O)[C@]2(C)C1C[C@@H]1CC(OC(C)=O)C(C)=C([C@@H](OC(C)=O)C2OC(C)=O)C1(C)C. The van der Waals surface area contributed by atoms with Crippen LogP contribution in [0.5, 0.6) is 0 Å². The van der Waals surface area contributed by atoms with Gasteiger partial charge in [0.15, 0.2) is 12.2 Å². The highest BCUT2D eigenvalue weighted by Gasteiger charge is 2.64. The first kappa shape index (κ1) is 38.8. The molecule has 0 amide bonds. The minimum atomic E-state index is -1.18. The number of esters is 5. The van der Waals surface area contributed by atoms with E-state index < -0.39 is 77.1 Å². The van der Waals surface area contributed by atoms with Crippen LogP contribution in [0.4, 0.5) is 0 Å². The molecule has 2 fully saturated rings. The Morgan fingerprint density at radius 3 is 1.92 bits per heavy atom. The van der Waals surface area contributed by atoms with Gasteiger partial charge in [0.1, 0.15) is 18.3 Å². The third kappa shape index (κ3) is 7.82. The highest BCUT2D eigenvalue weighted by molar-refractivity contribution is 5.71. The Kier molecular flexibility index (Phi) is 11.7. The van der Waals surface area contributed by atoms with E-state index in [1.165, 1.54) is 27.7 Å². The van der Waals surface area contributed by atoms with Gasteiger partial charge in [-0.15, -0.1) is 0 Å². The zero-order valence-electron chi connectivity index (χ0n) is 31.1. The lowest BCUT2D eigenvalue weighted by molar-refractivity contribution is -0.212. The highest BCUT2D eigenvalue weighted by atomic mass is 16.6. The summed E-state index contributed by atoms with van der Waals surface area (Å²) in [5.41, 5.74) is 1.14. The van der Waals surface area contributed by atoms with E-state index in [0.29, 0.717) is 29.6 Å². The van der Waals surface area contributed by atoms with Gasteiger partial charge >= 0.3 is 29.8 Å². The second-order valence-corrected chi connectivity index (χ2v) is 15.0. The van der Waals surface area contributed by atoms with Crippen LogP contribution >= 0.6 is 0 Å². The van der Waals surface area contributed by atoms with Crippen molar-refractivity contribution in [1.29, 1.82) is 0 Å². The number of hydrogen-bond acceptors (Lipinski definition) is 11. The molecule has 5 unspecified atom stereocenters. The molecule has 2 saturated carbocycles. The lowest BCUT2D eigenvalue weighted by Crippen LogP contribution is -2.64. The zero-order valence-corrected chi connectivity index (χ0v) is 31.1. The van der Waals surface area contributed by atoms with Gasteiger partial charge in [-0.3, -0.25) is 24.0 Å². The fourth-order valence-electron chi connectivity index (χ4n) is 8.75. The fourth-order valence-corrected chi connectivity index (χ4v) is 8.75. The maximum atomic E-state index is 13.7. The van der Waals surface area contributed by atoms with E-state index >= 15 is 0 Å². The maximum absolute atomic E-state index is 13.7. The second kappa shape index (κ2) is 15.1. The average Bonchev–Trinajstić information content (AvgIpc) is 3.00. The van der Waals surface area contributed by atoms with Crippen LogP contribution in [-0.4, -0.2) is 79.4 Å². The lowest BCUT2D eigenvalue weighted by atomic mass is 9.49. The largest absolute Gasteiger partial charge is 0.462 e. The Labute approximate surface area is 295 Å². The predicted molar refractivity (Wildman–Crippen MR) is 184 cm³/mol. The predicted octanol–water partition coefficient (Wildman–Crippen LogP) is 5.67. The molecular weight excluding hydrogens is 642 g/mol. The first-order valence-electron chi connectivity index (χ1n) is 17.3. The van der Waals surface area contributed by atoms with E-state index in [1.807, 2.05) is 77.0 Å². The molecule has 0 saturated heterocycles. The molecule has 0 radical (unpaired) electrons. The van der Waals surface area contributed by atoms with Gasteiger partial charge in [0, 0.05) is 40.2 Å². The molecule has 3 aliphatic carbocycles. The molecule has 0 spiro atoms. The molecule has 0 aliphatic heterocycles. The van der Waals surface area contributed by atoms with Gasteiger partial charge in [0.2, 0.25) is 0 Å². The molecule has 0 heterocycles. The van der Waals surface area contributed by atoms with Crippen LogP contribution in [0.2, 0.25) is 0 Å². The van der Waals surface area contributed by atoms with Crippen LogP contribution in [0.25, 0.3) is 0 Å². The summed E-state index contributed by atoms with van der Waals surface area (Å²) in [7, 11) is 3.80. The summed E-state index contributed by atoms with van der Waals surface area (Å²) in [6, 6.07) is 9.43. The van der Waals surface area contributed by atoms with Crippen LogP contribution in [-0.2, 0) is 47.7 Å². The van der Waals surface area contributed by atoms with Gasteiger partial charge in [-0.2, -0.15) is 0 Å². The Hall–Kier alpha value is -3.99. The molecule has 50 heavy (non-hydrogen) atoms. The van der Waals surface area contributed by atoms with Crippen molar-refractivity contribution in [3.05, 3.63) is 59.2 Å². The van der Waals surface area contributed by atoms with Gasteiger partial charge in [-0.25, -0.2) is 0 Å². The van der Waals surface area contributed by atoms with E-state index in [0.717, 1.165) is 5.56 Å². The van der Waals surface area contributed by atoms with E-state index in [9.17, 15) is 24.0 Å². The smallest absolute Gasteiger partial charge is 0.308 e. The molecule has 2 bridgehead atoms. The number of rotatable bonds is 9. The van der Waals surface area contributed by atoms with Crippen LogP contribution in [0, 0.1) is 22.7 Å². The van der Waals surface area contributed by atoms with Crippen molar-refractivity contribution in [3.63, 3.8) is 0 Å². The molecule has 1 aromatic rings. The zero-order chi connectivity index (χ0) is 37.3. The molecule has 4 rings (SSSR count). The molecule has 11 nitrogen and oxygen atoms in total. The van der Waals surface area contributed by atoms with E-state index in [4.69, 9.17) is 23.7 Å². The van der Waals surface area contributed by atoms with Crippen molar-refractivity contribution in [3.8, 4) is 0 Å². The van der Waals surface area contributed by atoms with Crippen molar-refractivity contribution in [1.82, 2.24) is 4.90 Å². The van der Waals surface area contributed by atoms with Crippen molar-refractivity contribution in [2.75, 3.05) is 14.1 Å². The number of benzene rings is 1. The molecule has 11 heteroatoms. The Balaban J connectivity index is 1.86. The van der Waals surface area contributed by atoms with Crippen molar-refractivity contribution >= 4 is 29.8 Å². The minimum absolute atomic E-state index is 0.0574. The molecule has 3 aliphatic rings. The average molecular weight is 696 g/mol. The normalized spacial score (nSPS) is 30.9. The van der Waals surface area contributed by atoms with Crippen molar-refractivity contribution in [2.45, 2.75) is 118 Å². The Morgan fingerprint density at radius 1 is 0.800 bits per heavy atom. The molecule has 0 N–H and O–H groups in total. The third-order valence-corrected chi connectivity index (χ3v) is 11.2. The number of ether oxygens (including phenoxy) is 5. The summed E-state index contributed by atoms with van der Waals surface area (Å²) in [5, 5.41) is 0. The summed E-state index contributed by atoms with van der Waals surface area (Å²) >= 11 is 0. The monoisotopic (exact) mass is 695 g/mol. The first-order valence-corrected chi connectivity index (χ1v) is 17.3. The highest BCUT2D eigenvalue weighted by Crippen LogP contribution is 2.61. The fraction of sp³-hybridized carbons (Fsp3) is 0.615. The van der Waals surface area contributed by atoms with Crippen LogP contribution < -0.4 is 0 Å². The molecule has 0 aromatic heterocycles. The lowest BCUT2D eigenvalue weighted by Gasteiger charge is -2.59. The minimum Gasteiger partial charge on any atom is -0.462 e. The number of nitrogens with zero attached hydrogens (tertiary/aromatic N) is 1. The Bertz CT molecular complexity index is 1530. The second-order valence-electron chi connectivity index (χ2n) is 15.0. The third-order valence-electron chi connectivity index (χ3n) is 11.2. The standard InChI is InChI=1S/C39H53NO10/c1-21-29-17-28-18-31(46-23(3)41)22(2)35(38(28,7)8)36(48-25(5)43)37(49-26(6)44)39(29,9)33(47-24(4)42)20-32(21)50-34(45)19-30(40(10)11)27-15-13-12-14-16-27/h12-16,28-33,36-37H,1,17-20H2,2-11H3/t28-,29?,30?,31?,32?,33+,36-,37?,39+/m1/s1. The maximum Gasteiger partial charge on any atom is 0.308 e. The molecule has 274 valence electrons. The van der Waals surface area contributed by atoms with Gasteiger partial charge in [-0.05, 0) is 73.4 Å². The number of hydrogen-bond donors (Lipinski definition) is 0. The quantitative estimate of drug-likeness (QED) is 0.180. The summed E-state index contributed by atoms with van der Waals surface area (Å²) in [6.07, 6.45) is -3.60. The van der Waals surface area contributed by atoms with Crippen LogP contribution in [0.3, 0.4) is 0 Å². The van der Waals surface area contributed by atoms with E-state index in [2.05, 4.69) is 6.58 Å². The van der Waals surface area contributed by atoms with Crippen molar-refractivity contribution in [2.24, 2.45) is 22.7 Å². The number of fused-ring (bicyclic) bond motifs is 3. The first-order chi connectivity index (χ1) is 23.3. The molecule has 1 aromatic carbocycles.